The molecule has 3 rings (SSSR count). The fourth-order valence-electron chi connectivity index (χ4n) is 3.16. The molecule has 3 nitrogen and oxygen atoms in total. The molecule has 4 heteroatoms. The van der Waals surface area contributed by atoms with Gasteiger partial charge < -0.3 is 9.64 Å². The Kier molecular flexibility index (Phi) is 4.60. The van der Waals surface area contributed by atoms with E-state index >= 15 is 0 Å². The predicted molar refractivity (Wildman–Crippen MR) is 86.8 cm³/mol. The summed E-state index contributed by atoms with van der Waals surface area (Å²) in [4.78, 5) is 14.6. The van der Waals surface area contributed by atoms with Gasteiger partial charge in [-0.1, -0.05) is 24.3 Å². The molecule has 0 radical (unpaired) electrons. The number of rotatable bonds is 4. The summed E-state index contributed by atoms with van der Waals surface area (Å²) in [5, 5.41) is 0. The van der Waals surface area contributed by atoms with Crippen LogP contribution in [0.1, 0.15) is 30.0 Å². The lowest BCUT2D eigenvalue weighted by Crippen LogP contribution is -2.31. The van der Waals surface area contributed by atoms with Gasteiger partial charge >= 0.3 is 0 Å². The minimum absolute atomic E-state index is 0.0497. The highest BCUT2D eigenvalue weighted by Gasteiger charge is 2.29. The summed E-state index contributed by atoms with van der Waals surface area (Å²) in [7, 11) is 1.62. The quantitative estimate of drug-likeness (QED) is 0.860. The number of carbonyl (C=O) groups excluding carboxylic acids is 1. The first-order valence-electron chi connectivity index (χ1n) is 7.85. The van der Waals surface area contributed by atoms with Crippen molar-refractivity contribution in [3.05, 3.63) is 65.5 Å². The lowest BCUT2D eigenvalue weighted by atomic mass is 10.0. The van der Waals surface area contributed by atoms with Gasteiger partial charge in [0.15, 0.2) is 0 Å². The number of methoxy groups -OCH3 is 1. The van der Waals surface area contributed by atoms with Gasteiger partial charge in [-0.2, -0.15) is 0 Å². The average molecular weight is 313 g/mol. The molecule has 0 aliphatic carbocycles. The van der Waals surface area contributed by atoms with Crippen LogP contribution >= 0.6 is 0 Å². The van der Waals surface area contributed by atoms with E-state index in [4.69, 9.17) is 4.74 Å². The molecule has 1 amide bonds. The number of hydrogen-bond donors (Lipinski definition) is 0. The van der Waals surface area contributed by atoms with Crippen LogP contribution in [-0.4, -0.2) is 24.5 Å². The second-order valence-electron chi connectivity index (χ2n) is 5.83. The van der Waals surface area contributed by atoms with Crippen molar-refractivity contribution in [1.82, 2.24) is 4.90 Å². The molecule has 1 fully saturated rings. The molecule has 0 bridgehead atoms. The summed E-state index contributed by atoms with van der Waals surface area (Å²) in [5.41, 5.74) is 1.95. The molecule has 23 heavy (non-hydrogen) atoms. The maximum Gasteiger partial charge on any atom is 0.227 e. The first kappa shape index (κ1) is 15.5. The summed E-state index contributed by atoms with van der Waals surface area (Å²) in [5.74, 6) is 0.609. The van der Waals surface area contributed by atoms with E-state index in [1.807, 2.05) is 29.2 Å². The minimum atomic E-state index is -0.249. The van der Waals surface area contributed by atoms with Crippen molar-refractivity contribution in [2.24, 2.45) is 0 Å². The third-order valence-electron chi connectivity index (χ3n) is 4.32. The number of amides is 1. The Morgan fingerprint density at radius 1 is 1.26 bits per heavy atom. The van der Waals surface area contributed by atoms with Gasteiger partial charge in [-0.15, -0.1) is 0 Å². The van der Waals surface area contributed by atoms with E-state index in [-0.39, 0.29) is 17.8 Å². The molecular formula is C19H20FNO2. The normalized spacial score (nSPS) is 17.3. The number of halogens is 1. The Hall–Kier alpha value is -2.36. The van der Waals surface area contributed by atoms with Crippen LogP contribution in [0.25, 0.3) is 0 Å². The van der Waals surface area contributed by atoms with Crippen LogP contribution in [0, 0.1) is 5.82 Å². The van der Waals surface area contributed by atoms with Crippen LogP contribution in [-0.2, 0) is 11.2 Å². The summed E-state index contributed by atoms with van der Waals surface area (Å²) in [6.07, 6.45) is 2.26. The lowest BCUT2D eigenvalue weighted by Gasteiger charge is -2.25. The molecule has 0 saturated carbocycles. The van der Waals surface area contributed by atoms with Gasteiger partial charge in [0.2, 0.25) is 5.91 Å². The van der Waals surface area contributed by atoms with Crippen molar-refractivity contribution >= 4 is 5.91 Å². The van der Waals surface area contributed by atoms with Crippen LogP contribution in [0.4, 0.5) is 4.39 Å². The molecule has 1 aliphatic heterocycles. The third-order valence-corrected chi connectivity index (χ3v) is 4.32. The van der Waals surface area contributed by atoms with Crippen molar-refractivity contribution < 1.29 is 13.9 Å². The number of carbonyl (C=O) groups is 1. The van der Waals surface area contributed by atoms with Gasteiger partial charge in [-0.25, -0.2) is 4.39 Å². The van der Waals surface area contributed by atoms with Crippen molar-refractivity contribution in [3.8, 4) is 5.75 Å². The summed E-state index contributed by atoms with van der Waals surface area (Å²) in [6.45, 7) is 0.755. The SMILES string of the molecule is COc1cccc(CC(=O)N2CCC[C@H]2c2ccc(F)cc2)c1. The van der Waals surface area contributed by atoms with Crippen LogP contribution < -0.4 is 4.74 Å². The maximum absolute atomic E-state index is 13.1. The zero-order valence-electron chi connectivity index (χ0n) is 13.2. The zero-order chi connectivity index (χ0) is 16.2. The zero-order valence-corrected chi connectivity index (χ0v) is 13.2. The first-order valence-corrected chi connectivity index (χ1v) is 7.85. The van der Waals surface area contributed by atoms with Crippen LogP contribution in [0.15, 0.2) is 48.5 Å². The monoisotopic (exact) mass is 313 g/mol. The first-order chi connectivity index (χ1) is 11.2. The molecule has 1 aliphatic rings. The van der Waals surface area contributed by atoms with Gasteiger partial charge in [-0.3, -0.25) is 4.79 Å². The highest BCUT2D eigenvalue weighted by Crippen LogP contribution is 2.32. The van der Waals surface area contributed by atoms with Crippen LogP contribution in [0.3, 0.4) is 0 Å². The van der Waals surface area contributed by atoms with Crippen LogP contribution in [0.2, 0.25) is 0 Å². The second-order valence-corrected chi connectivity index (χ2v) is 5.83. The standard InChI is InChI=1S/C19H20FNO2/c1-23-17-5-2-4-14(12-17)13-19(22)21-11-3-6-18(21)15-7-9-16(20)10-8-15/h2,4-5,7-10,12,18H,3,6,11,13H2,1H3/t18-/m0/s1. The lowest BCUT2D eigenvalue weighted by molar-refractivity contribution is -0.131. The third kappa shape index (κ3) is 3.52. The van der Waals surface area contributed by atoms with Crippen molar-refractivity contribution in [3.63, 3.8) is 0 Å². The van der Waals surface area contributed by atoms with Gasteiger partial charge in [0, 0.05) is 6.54 Å². The summed E-state index contributed by atoms with van der Waals surface area (Å²) < 4.78 is 18.3. The molecule has 2 aromatic rings. The van der Waals surface area contributed by atoms with E-state index < -0.39 is 0 Å². The van der Waals surface area contributed by atoms with E-state index in [1.165, 1.54) is 12.1 Å². The second kappa shape index (κ2) is 6.82. The Labute approximate surface area is 135 Å². The van der Waals surface area contributed by atoms with Crippen molar-refractivity contribution in [2.45, 2.75) is 25.3 Å². The maximum atomic E-state index is 13.1. The van der Waals surface area contributed by atoms with E-state index in [2.05, 4.69) is 0 Å². The predicted octanol–water partition coefficient (Wildman–Crippen LogP) is 3.74. The Balaban J connectivity index is 1.74. The van der Waals surface area contributed by atoms with Gasteiger partial charge in [-0.05, 0) is 48.2 Å². The minimum Gasteiger partial charge on any atom is -0.497 e. The highest BCUT2D eigenvalue weighted by molar-refractivity contribution is 5.79. The number of ether oxygens (including phenoxy) is 1. The molecule has 0 aromatic heterocycles. The topological polar surface area (TPSA) is 29.5 Å². The van der Waals surface area contributed by atoms with E-state index in [0.29, 0.717) is 6.42 Å². The average Bonchev–Trinajstić information content (AvgIpc) is 3.05. The Morgan fingerprint density at radius 3 is 2.78 bits per heavy atom. The Bertz CT molecular complexity index is 684. The number of likely N-dealkylation sites (tertiary alicyclic amines) is 1. The summed E-state index contributed by atoms with van der Waals surface area (Å²) >= 11 is 0. The van der Waals surface area contributed by atoms with Crippen LogP contribution in [0.5, 0.6) is 5.75 Å². The number of nitrogens with zero attached hydrogens (tertiary/aromatic N) is 1. The molecule has 0 spiro atoms. The van der Waals surface area contributed by atoms with Crippen molar-refractivity contribution in [2.75, 3.05) is 13.7 Å². The van der Waals surface area contributed by atoms with Gasteiger partial charge in [0.1, 0.15) is 11.6 Å². The van der Waals surface area contributed by atoms with E-state index in [0.717, 1.165) is 36.3 Å². The fraction of sp³-hybridized carbons (Fsp3) is 0.316. The largest absolute Gasteiger partial charge is 0.497 e. The van der Waals surface area contributed by atoms with E-state index in [1.54, 1.807) is 19.2 Å². The Morgan fingerprint density at radius 2 is 2.04 bits per heavy atom. The smallest absolute Gasteiger partial charge is 0.227 e. The molecular weight excluding hydrogens is 293 g/mol. The molecule has 120 valence electrons. The number of hydrogen-bond acceptors (Lipinski definition) is 2. The van der Waals surface area contributed by atoms with E-state index in [9.17, 15) is 9.18 Å². The molecule has 1 atom stereocenters. The molecule has 0 unspecified atom stereocenters. The highest BCUT2D eigenvalue weighted by atomic mass is 19.1. The molecule has 1 saturated heterocycles. The fourth-order valence-corrected chi connectivity index (χ4v) is 3.16. The molecule has 0 N–H and O–H groups in total. The summed E-state index contributed by atoms with van der Waals surface area (Å²) in [6, 6.07) is 14.1. The van der Waals surface area contributed by atoms with Gasteiger partial charge in [0.05, 0.1) is 19.6 Å². The molecule has 2 aromatic carbocycles. The van der Waals surface area contributed by atoms with Crippen molar-refractivity contribution in [1.29, 1.82) is 0 Å². The van der Waals surface area contributed by atoms with Gasteiger partial charge in [0.25, 0.3) is 0 Å². The number of benzene rings is 2. The molecule has 1 heterocycles.